The van der Waals surface area contributed by atoms with Crippen LogP contribution in [0.4, 0.5) is 33.6 Å². The summed E-state index contributed by atoms with van der Waals surface area (Å²) in [6.07, 6.45) is -0.761. The molecule has 15 heteroatoms. The number of nitrogen functional groups attached to an aromatic ring is 1. The number of hydrogen-bond donors (Lipinski definition) is 2. The second-order valence-electron chi connectivity index (χ2n) is 8.24. The maximum Gasteiger partial charge on any atom is 0.453 e. The molecule has 1 atom stereocenters. The van der Waals surface area contributed by atoms with Gasteiger partial charge >= 0.3 is 12.1 Å². The summed E-state index contributed by atoms with van der Waals surface area (Å²) < 4.78 is 66.5. The number of hydrogen-bond acceptors (Lipinski definition) is 8. The third kappa shape index (κ3) is 3.58. The number of anilines is 2. The first kappa shape index (κ1) is 23.4. The lowest BCUT2D eigenvalue weighted by atomic mass is 9.83. The fourth-order valence-electron chi connectivity index (χ4n) is 3.98. The van der Waals surface area contributed by atoms with Crippen molar-refractivity contribution in [3.63, 3.8) is 0 Å². The number of nitrogens with two attached hydrogens (primary N) is 1. The molecule has 4 aromatic rings. The molecule has 1 unspecified atom stereocenters. The van der Waals surface area contributed by atoms with E-state index in [1.807, 2.05) is 0 Å². The first-order chi connectivity index (χ1) is 16.9. The number of halogens is 5. The van der Waals surface area contributed by atoms with Crippen molar-refractivity contribution in [1.82, 2.24) is 34.3 Å². The largest absolute Gasteiger partial charge is 0.453 e. The van der Waals surface area contributed by atoms with Crippen molar-refractivity contribution in [3.8, 4) is 11.5 Å². The lowest BCUT2D eigenvalue weighted by Crippen LogP contribution is -2.36. The van der Waals surface area contributed by atoms with Crippen LogP contribution in [0, 0.1) is 0 Å². The standard InChI is InChI=1S/C21H16F5N9O/c1-19(17-29-5-2-6-30-17)12-13(27)32-14(33-15(12)34-18(19)36)11-9-35-8-7-28-16(35)10(31-11)3-4-20(22,23)21(24,25)26/h2,5-9H,3-4H2,1H3,(H3,27,32,33,34,36). The average molecular weight is 505 g/mol. The van der Waals surface area contributed by atoms with E-state index in [9.17, 15) is 26.7 Å². The molecule has 1 aliphatic rings. The molecule has 5 heterocycles. The molecular formula is C21H16F5N9O. The topological polar surface area (TPSA) is 137 Å². The van der Waals surface area contributed by atoms with Crippen molar-refractivity contribution in [3.05, 3.63) is 54.1 Å². The Kier molecular flexibility index (Phi) is 5.12. The lowest BCUT2D eigenvalue weighted by molar-refractivity contribution is -0.284. The van der Waals surface area contributed by atoms with Gasteiger partial charge in [-0.2, -0.15) is 22.0 Å². The van der Waals surface area contributed by atoms with Gasteiger partial charge in [-0.1, -0.05) is 0 Å². The van der Waals surface area contributed by atoms with Gasteiger partial charge in [0.1, 0.15) is 28.6 Å². The van der Waals surface area contributed by atoms with Crippen LogP contribution in [0.5, 0.6) is 0 Å². The Balaban J connectivity index is 1.57. The second-order valence-corrected chi connectivity index (χ2v) is 8.24. The van der Waals surface area contributed by atoms with Gasteiger partial charge in [0.15, 0.2) is 11.5 Å². The molecule has 5 rings (SSSR count). The summed E-state index contributed by atoms with van der Waals surface area (Å²) in [5.74, 6) is -5.30. The zero-order chi connectivity index (χ0) is 25.9. The van der Waals surface area contributed by atoms with Crippen molar-refractivity contribution in [1.29, 1.82) is 0 Å². The highest BCUT2D eigenvalue weighted by atomic mass is 19.4. The highest BCUT2D eigenvalue weighted by Crippen LogP contribution is 2.43. The van der Waals surface area contributed by atoms with Crippen LogP contribution in [-0.2, 0) is 16.6 Å². The molecule has 10 nitrogen and oxygen atoms in total. The predicted molar refractivity (Wildman–Crippen MR) is 115 cm³/mol. The third-order valence-corrected chi connectivity index (χ3v) is 5.90. The van der Waals surface area contributed by atoms with Gasteiger partial charge in [-0.15, -0.1) is 0 Å². The van der Waals surface area contributed by atoms with E-state index in [0.717, 1.165) is 0 Å². The Morgan fingerprint density at radius 3 is 2.47 bits per heavy atom. The van der Waals surface area contributed by atoms with E-state index in [0.29, 0.717) is 0 Å². The maximum absolute atomic E-state index is 13.5. The molecule has 36 heavy (non-hydrogen) atoms. The molecule has 1 aliphatic heterocycles. The Morgan fingerprint density at radius 2 is 1.78 bits per heavy atom. The van der Waals surface area contributed by atoms with Crippen molar-refractivity contribution >= 4 is 23.2 Å². The number of nitrogens with one attached hydrogen (secondary N) is 1. The number of nitrogens with zero attached hydrogens (tertiary/aromatic N) is 7. The number of amides is 1. The number of alkyl halides is 5. The van der Waals surface area contributed by atoms with Gasteiger partial charge in [0.25, 0.3) is 0 Å². The van der Waals surface area contributed by atoms with Crippen LogP contribution in [-0.4, -0.2) is 52.3 Å². The quantitative estimate of drug-likeness (QED) is 0.395. The van der Waals surface area contributed by atoms with Crippen molar-refractivity contribution < 1.29 is 26.7 Å². The Morgan fingerprint density at radius 1 is 1.06 bits per heavy atom. The minimum Gasteiger partial charge on any atom is -0.383 e. The molecule has 0 radical (unpaired) electrons. The number of imidazole rings is 1. The van der Waals surface area contributed by atoms with Crippen LogP contribution in [0.1, 0.15) is 30.4 Å². The van der Waals surface area contributed by atoms with Crippen LogP contribution < -0.4 is 11.1 Å². The number of aromatic nitrogens is 7. The molecule has 4 aromatic heterocycles. The smallest absolute Gasteiger partial charge is 0.383 e. The lowest BCUT2D eigenvalue weighted by Gasteiger charge is -2.20. The molecule has 186 valence electrons. The van der Waals surface area contributed by atoms with E-state index in [1.165, 1.54) is 35.4 Å². The minimum atomic E-state index is -5.69. The van der Waals surface area contributed by atoms with Crippen molar-refractivity contribution in [2.24, 2.45) is 0 Å². The van der Waals surface area contributed by atoms with Gasteiger partial charge in [0, 0.05) is 37.4 Å². The van der Waals surface area contributed by atoms with Crippen molar-refractivity contribution in [2.45, 2.75) is 37.3 Å². The monoisotopic (exact) mass is 505 g/mol. The molecule has 0 aliphatic carbocycles. The van der Waals surface area contributed by atoms with Gasteiger partial charge in [0.05, 0.1) is 11.3 Å². The highest BCUT2D eigenvalue weighted by Gasteiger charge is 2.56. The number of aryl methyl sites for hydroxylation is 1. The zero-order valence-corrected chi connectivity index (χ0v) is 18.4. The van der Waals surface area contributed by atoms with E-state index < -0.39 is 36.3 Å². The van der Waals surface area contributed by atoms with Crippen LogP contribution in [0.2, 0.25) is 0 Å². The van der Waals surface area contributed by atoms with E-state index in [4.69, 9.17) is 5.73 Å². The van der Waals surface area contributed by atoms with Crippen LogP contribution >= 0.6 is 0 Å². The van der Waals surface area contributed by atoms with Crippen LogP contribution in [0.15, 0.2) is 37.1 Å². The number of rotatable bonds is 5. The Labute approximate surface area is 198 Å². The summed E-state index contributed by atoms with van der Waals surface area (Å²) in [5.41, 5.74) is 5.09. The molecule has 0 fully saturated rings. The van der Waals surface area contributed by atoms with Crippen LogP contribution in [0.25, 0.3) is 17.2 Å². The molecule has 0 bridgehead atoms. The SMILES string of the molecule is CC1(c2ncccn2)C(=O)Nc2nc(-c3cn4ccnc4c(CCC(F)(F)C(F)(F)F)n3)nc(N)c21. The normalized spacial score (nSPS) is 17.9. The van der Waals surface area contributed by atoms with E-state index in [-0.39, 0.29) is 45.9 Å². The summed E-state index contributed by atoms with van der Waals surface area (Å²) in [4.78, 5) is 38.0. The van der Waals surface area contributed by atoms with Crippen molar-refractivity contribution in [2.75, 3.05) is 11.1 Å². The average Bonchev–Trinajstić information content (AvgIpc) is 3.40. The summed E-state index contributed by atoms with van der Waals surface area (Å²) >= 11 is 0. The first-order valence-corrected chi connectivity index (χ1v) is 10.5. The number of carbonyl (C=O) groups excluding carboxylic acids is 1. The Bertz CT molecular complexity index is 1490. The first-order valence-electron chi connectivity index (χ1n) is 10.5. The summed E-state index contributed by atoms with van der Waals surface area (Å²) in [7, 11) is 0. The fourth-order valence-corrected chi connectivity index (χ4v) is 3.98. The van der Waals surface area contributed by atoms with Crippen LogP contribution in [0.3, 0.4) is 0 Å². The molecule has 1 amide bonds. The molecule has 0 saturated carbocycles. The third-order valence-electron chi connectivity index (χ3n) is 5.90. The Hall–Kier alpha value is -4.30. The molecule has 0 saturated heterocycles. The second kappa shape index (κ2) is 7.86. The van der Waals surface area contributed by atoms with E-state index >= 15 is 0 Å². The van der Waals surface area contributed by atoms with Gasteiger partial charge in [-0.3, -0.25) is 4.79 Å². The fraction of sp³-hybridized carbons (Fsp3) is 0.286. The molecule has 0 aromatic carbocycles. The number of carbonyl (C=O) groups is 1. The summed E-state index contributed by atoms with van der Waals surface area (Å²) in [5, 5.41) is 2.62. The van der Waals surface area contributed by atoms with E-state index in [2.05, 4.69) is 35.2 Å². The predicted octanol–water partition coefficient (Wildman–Crippen LogP) is 2.95. The van der Waals surface area contributed by atoms with Gasteiger partial charge in [-0.05, 0) is 19.4 Å². The highest BCUT2D eigenvalue weighted by molar-refractivity contribution is 6.08. The minimum absolute atomic E-state index is 0.0270. The van der Waals surface area contributed by atoms with Gasteiger partial charge in [0.2, 0.25) is 5.91 Å². The summed E-state index contributed by atoms with van der Waals surface area (Å²) in [6, 6.07) is 1.59. The maximum atomic E-state index is 13.5. The molecule has 0 spiro atoms. The van der Waals surface area contributed by atoms with E-state index in [1.54, 1.807) is 13.0 Å². The number of fused-ring (bicyclic) bond motifs is 2. The summed E-state index contributed by atoms with van der Waals surface area (Å²) in [6.45, 7) is 1.57. The van der Waals surface area contributed by atoms with Gasteiger partial charge < -0.3 is 15.5 Å². The molecule has 3 N–H and O–H groups in total. The zero-order valence-electron chi connectivity index (χ0n) is 18.4. The van der Waals surface area contributed by atoms with Gasteiger partial charge in [-0.25, -0.2) is 29.9 Å². The molecular weight excluding hydrogens is 489 g/mol.